The molecule has 0 aliphatic carbocycles. The van der Waals surface area contributed by atoms with Gasteiger partial charge in [-0.05, 0) is 36.8 Å². The zero-order chi connectivity index (χ0) is 14.8. The van der Waals surface area contributed by atoms with Crippen molar-refractivity contribution in [3.05, 3.63) is 59.1 Å². The van der Waals surface area contributed by atoms with Crippen LogP contribution in [0, 0.1) is 5.82 Å². The average Bonchev–Trinajstić information content (AvgIpc) is 2.39. The molecule has 0 spiro atoms. The van der Waals surface area contributed by atoms with Gasteiger partial charge in [0.15, 0.2) is 0 Å². The molecule has 0 fully saturated rings. The topological polar surface area (TPSA) is 59.1 Å². The molecule has 0 saturated carbocycles. The summed E-state index contributed by atoms with van der Waals surface area (Å²) in [4.78, 5) is 3.76. The van der Waals surface area contributed by atoms with E-state index in [0.717, 1.165) is 0 Å². The van der Waals surface area contributed by atoms with Gasteiger partial charge < -0.3 is 0 Å². The Labute approximate surface area is 121 Å². The smallest absolute Gasteiger partial charge is 0.242 e. The number of nitrogens with one attached hydrogen (secondary N) is 1. The monoisotopic (exact) mass is 314 g/mol. The molecular weight excluding hydrogens is 303 g/mol. The summed E-state index contributed by atoms with van der Waals surface area (Å²) in [6.45, 7) is 1.67. The van der Waals surface area contributed by atoms with Gasteiger partial charge in [-0.15, -0.1) is 0 Å². The average molecular weight is 315 g/mol. The number of halogens is 2. The molecule has 1 unspecified atom stereocenters. The summed E-state index contributed by atoms with van der Waals surface area (Å²) in [6.07, 6.45) is 1.18. The van der Waals surface area contributed by atoms with Crippen molar-refractivity contribution >= 4 is 21.6 Å². The zero-order valence-corrected chi connectivity index (χ0v) is 12.1. The highest BCUT2D eigenvalue weighted by Crippen LogP contribution is 2.17. The van der Waals surface area contributed by atoms with Crippen LogP contribution in [0.3, 0.4) is 0 Å². The number of sulfonamides is 1. The fraction of sp³-hybridized carbons (Fsp3) is 0.154. The summed E-state index contributed by atoms with van der Waals surface area (Å²) in [5.74, 6) is -0.370. The second-order valence-corrected chi connectivity index (χ2v) is 6.31. The Hall–Kier alpha value is -1.50. The quantitative estimate of drug-likeness (QED) is 0.883. The van der Waals surface area contributed by atoms with Crippen LogP contribution in [0.4, 0.5) is 4.39 Å². The molecule has 1 heterocycles. The van der Waals surface area contributed by atoms with Gasteiger partial charge >= 0.3 is 0 Å². The Morgan fingerprint density at radius 1 is 1.20 bits per heavy atom. The fourth-order valence-corrected chi connectivity index (χ4v) is 2.93. The highest BCUT2D eigenvalue weighted by atomic mass is 35.5. The van der Waals surface area contributed by atoms with Crippen LogP contribution >= 0.6 is 11.6 Å². The van der Waals surface area contributed by atoms with Crippen LogP contribution in [-0.4, -0.2) is 13.4 Å². The van der Waals surface area contributed by atoms with Crippen molar-refractivity contribution in [3.63, 3.8) is 0 Å². The molecule has 1 aromatic heterocycles. The summed E-state index contributed by atoms with van der Waals surface area (Å²) in [6, 6.07) is 7.91. The molecular formula is C13H12ClFN2O2S. The summed E-state index contributed by atoms with van der Waals surface area (Å²) >= 11 is 5.62. The van der Waals surface area contributed by atoms with E-state index in [4.69, 9.17) is 11.6 Å². The van der Waals surface area contributed by atoms with Crippen molar-refractivity contribution in [1.29, 1.82) is 0 Å². The van der Waals surface area contributed by atoms with Crippen molar-refractivity contribution in [2.75, 3.05) is 0 Å². The largest absolute Gasteiger partial charge is 0.243 e. The lowest BCUT2D eigenvalue weighted by Crippen LogP contribution is -2.27. The van der Waals surface area contributed by atoms with Crippen LogP contribution in [0.25, 0.3) is 0 Å². The SMILES string of the molecule is CC(NS(=O)(=O)c1ccc(Cl)nc1)c1ccc(F)cc1. The lowest BCUT2D eigenvalue weighted by Gasteiger charge is -2.14. The second kappa shape index (κ2) is 5.87. The van der Waals surface area contributed by atoms with Gasteiger partial charge in [-0.1, -0.05) is 23.7 Å². The van der Waals surface area contributed by atoms with Crippen molar-refractivity contribution in [2.24, 2.45) is 0 Å². The maximum atomic E-state index is 12.8. The molecule has 2 rings (SSSR count). The normalized spacial score (nSPS) is 13.2. The van der Waals surface area contributed by atoms with E-state index in [0.29, 0.717) is 5.56 Å². The predicted molar refractivity (Wildman–Crippen MR) is 74.4 cm³/mol. The number of pyridine rings is 1. The first-order valence-corrected chi connectivity index (χ1v) is 7.64. The van der Waals surface area contributed by atoms with E-state index in [1.54, 1.807) is 6.92 Å². The molecule has 0 radical (unpaired) electrons. The Bertz CT molecular complexity index is 687. The molecule has 2 aromatic rings. The summed E-state index contributed by atoms with van der Waals surface area (Å²) < 4.78 is 39.6. The number of hydrogen-bond donors (Lipinski definition) is 1. The van der Waals surface area contributed by atoms with Crippen LogP contribution < -0.4 is 4.72 Å². The van der Waals surface area contributed by atoms with Crippen molar-refractivity contribution in [3.8, 4) is 0 Å². The third-order valence-electron chi connectivity index (χ3n) is 2.71. The van der Waals surface area contributed by atoms with E-state index in [1.807, 2.05) is 0 Å². The highest BCUT2D eigenvalue weighted by Gasteiger charge is 2.18. The molecule has 0 aliphatic rings. The number of rotatable bonds is 4. The first-order valence-electron chi connectivity index (χ1n) is 5.78. The zero-order valence-electron chi connectivity index (χ0n) is 10.5. The van der Waals surface area contributed by atoms with Gasteiger partial charge in [-0.25, -0.2) is 22.5 Å². The minimum atomic E-state index is -3.70. The maximum absolute atomic E-state index is 12.8. The molecule has 7 heteroatoms. The number of benzene rings is 1. The summed E-state index contributed by atoms with van der Waals surface area (Å²) in [7, 11) is -3.70. The van der Waals surface area contributed by atoms with Gasteiger partial charge in [0.1, 0.15) is 15.9 Å². The number of aromatic nitrogens is 1. The van der Waals surface area contributed by atoms with Crippen LogP contribution in [-0.2, 0) is 10.0 Å². The Morgan fingerprint density at radius 3 is 2.40 bits per heavy atom. The van der Waals surface area contributed by atoms with Crippen LogP contribution in [0.15, 0.2) is 47.5 Å². The van der Waals surface area contributed by atoms with E-state index in [-0.39, 0.29) is 15.9 Å². The standard InChI is InChI=1S/C13H12ClFN2O2S/c1-9(10-2-4-11(15)5-3-10)17-20(18,19)12-6-7-13(14)16-8-12/h2-9,17H,1H3. The summed E-state index contributed by atoms with van der Waals surface area (Å²) in [5, 5.41) is 0.218. The molecule has 0 saturated heterocycles. The van der Waals surface area contributed by atoms with Gasteiger partial charge in [0, 0.05) is 12.2 Å². The predicted octanol–water partition coefficient (Wildman–Crippen LogP) is 2.91. The Morgan fingerprint density at radius 2 is 1.85 bits per heavy atom. The minimum Gasteiger partial charge on any atom is -0.243 e. The third kappa shape index (κ3) is 3.53. The molecule has 106 valence electrons. The van der Waals surface area contributed by atoms with Gasteiger partial charge in [0.05, 0.1) is 0 Å². The van der Waals surface area contributed by atoms with Crippen LogP contribution in [0.2, 0.25) is 5.15 Å². The Balaban J connectivity index is 2.19. The lowest BCUT2D eigenvalue weighted by atomic mass is 10.1. The van der Waals surface area contributed by atoms with Crippen LogP contribution in [0.1, 0.15) is 18.5 Å². The van der Waals surface area contributed by atoms with Crippen LogP contribution in [0.5, 0.6) is 0 Å². The number of hydrogen-bond acceptors (Lipinski definition) is 3. The molecule has 0 bridgehead atoms. The molecule has 0 aliphatic heterocycles. The first kappa shape index (κ1) is 14.9. The minimum absolute atomic E-state index is 0.0239. The van der Waals surface area contributed by atoms with Crippen molar-refractivity contribution < 1.29 is 12.8 Å². The van der Waals surface area contributed by atoms with Crippen molar-refractivity contribution in [1.82, 2.24) is 9.71 Å². The Kier molecular flexibility index (Phi) is 4.37. The van der Waals surface area contributed by atoms with E-state index in [1.165, 1.54) is 42.6 Å². The maximum Gasteiger partial charge on any atom is 0.242 e. The molecule has 4 nitrogen and oxygen atoms in total. The fourth-order valence-electron chi connectivity index (χ4n) is 1.64. The van der Waals surface area contributed by atoms with E-state index in [9.17, 15) is 12.8 Å². The van der Waals surface area contributed by atoms with Gasteiger partial charge in [-0.3, -0.25) is 0 Å². The first-order chi connectivity index (χ1) is 9.38. The molecule has 1 atom stereocenters. The molecule has 1 aromatic carbocycles. The van der Waals surface area contributed by atoms with Gasteiger partial charge in [0.2, 0.25) is 10.0 Å². The molecule has 1 N–H and O–H groups in total. The summed E-state index contributed by atoms with van der Waals surface area (Å²) in [5.41, 5.74) is 0.664. The van der Waals surface area contributed by atoms with E-state index < -0.39 is 16.1 Å². The third-order valence-corrected chi connectivity index (χ3v) is 4.46. The van der Waals surface area contributed by atoms with Gasteiger partial charge in [0.25, 0.3) is 0 Å². The van der Waals surface area contributed by atoms with E-state index >= 15 is 0 Å². The number of nitrogens with zero attached hydrogens (tertiary/aromatic N) is 1. The highest BCUT2D eigenvalue weighted by molar-refractivity contribution is 7.89. The van der Waals surface area contributed by atoms with Crippen molar-refractivity contribution in [2.45, 2.75) is 17.9 Å². The molecule has 20 heavy (non-hydrogen) atoms. The molecule has 0 amide bonds. The van der Waals surface area contributed by atoms with E-state index in [2.05, 4.69) is 9.71 Å². The second-order valence-electron chi connectivity index (χ2n) is 4.21. The lowest BCUT2D eigenvalue weighted by molar-refractivity contribution is 0.566. The van der Waals surface area contributed by atoms with Gasteiger partial charge in [-0.2, -0.15) is 0 Å².